The van der Waals surface area contributed by atoms with Crippen LogP contribution in [0.4, 0.5) is 0 Å². The summed E-state index contributed by atoms with van der Waals surface area (Å²) in [6, 6.07) is 0. The van der Waals surface area contributed by atoms with Gasteiger partial charge in [0.25, 0.3) is 0 Å². The van der Waals surface area contributed by atoms with E-state index >= 15 is 0 Å². The zero-order valence-electron chi connectivity index (χ0n) is 11.2. The molecule has 0 aliphatic heterocycles. The first-order valence-corrected chi connectivity index (χ1v) is 7.54. The number of hydrogen-bond donors (Lipinski definition) is 0. The fourth-order valence-corrected chi connectivity index (χ4v) is 1.90. The van der Waals surface area contributed by atoms with Crippen LogP contribution in [-0.4, -0.2) is 4.98 Å². The van der Waals surface area contributed by atoms with Crippen LogP contribution < -0.4 is 0 Å². The van der Waals surface area contributed by atoms with Gasteiger partial charge in [-0.1, -0.05) is 65.2 Å². The van der Waals surface area contributed by atoms with E-state index in [0.717, 1.165) is 0 Å². The van der Waals surface area contributed by atoms with Gasteiger partial charge in [-0.25, -0.2) is 0 Å². The van der Waals surface area contributed by atoms with Gasteiger partial charge in [-0.3, -0.25) is 4.98 Å². The molecule has 1 heterocycles. The van der Waals surface area contributed by atoms with Crippen LogP contribution >= 0.6 is 11.3 Å². The molecule has 0 aliphatic rings. The van der Waals surface area contributed by atoms with Gasteiger partial charge in [-0.2, -0.15) is 0 Å². The maximum Gasteiger partial charge on any atom is 0.0794 e. The van der Waals surface area contributed by atoms with Gasteiger partial charge in [0.2, 0.25) is 0 Å². The summed E-state index contributed by atoms with van der Waals surface area (Å²) in [6.45, 7) is 6.58. The van der Waals surface area contributed by atoms with Crippen LogP contribution in [0.3, 0.4) is 0 Å². The minimum absolute atomic E-state index is 1.27. The minimum Gasteiger partial charge on any atom is -0.253 e. The van der Waals surface area contributed by atoms with E-state index < -0.39 is 0 Å². The molecule has 0 aliphatic carbocycles. The summed E-state index contributed by atoms with van der Waals surface area (Å²) in [4.78, 5) is 5.11. The smallest absolute Gasteiger partial charge is 0.0794 e. The van der Waals surface area contributed by atoms with Crippen LogP contribution in [-0.2, 0) is 0 Å². The van der Waals surface area contributed by atoms with Crippen molar-refractivity contribution in [3.8, 4) is 0 Å². The van der Waals surface area contributed by atoms with Crippen molar-refractivity contribution < 1.29 is 0 Å². The monoisotopic (exact) mass is 241 g/mol. The van der Waals surface area contributed by atoms with E-state index in [1.54, 1.807) is 11.3 Å². The molecule has 0 aromatic carbocycles. The fraction of sp³-hybridized carbons (Fsp3) is 0.786. The van der Waals surface area contributed by atoms with E-state index in [1.807, 2.05) is 18.6 Å². The normalized spacial score (nSPS) is 9.69. The van der Waals surface area contributed by atoms with E-state index in [0.29, 0.717) is 0 Å². The van der Waals surface area contributed by atoms with Gasteiger partial charge in [0.15, 0.2) is 0 Å². The maximum atomic E-state index is 3.84. The standard InChI is InChI=1S/C10H22.C4H5NS/c1-3-5-7-9-10-8-6-4-2;1-4-2-5-3-6-4/h3-10H2,1-2H3;2-3H,1H3. The van der Waals surface area contributed by atoms with E-state index in [9.17, 15) is 0 Å². The lowest BCUT2D eigenvalue weighted by atomic mass is 10.1. The predicted molar refractivity (Wildman–Crippen MR) is 75.1 cm³/mol. The lowest BCUT2D eigenvalue weighted by molar-refractivity contribution is 0.585. The predicted octanol–water partition coefficient (Wildman–Crippen LogP) is 5.60. The Kier molecular flexibility index (Phi) is 12.4. The SMILES string of the molecule is CCCCCCCCCC.Cc1cncs1. The molecular formula is C14H27NS. The quantitative estimate of drug-likeness (QED) is 0.566. The molecule has 0 fully saturated rings. The summed E-state index contributed by atoms with van der Waals surface area (Å²) in [7, 11) is 0. The average Bonchev–Trinajstić information content (AvgIpc) is 2.75. The maximum absolute atomic E-state index is 3.84. The van der Waals surface area contributed by atoms with Crippen molar-refractivity contribution in [2.24, 2.45) is 0 Å². The van der Waals surface area contributed by atoms with Gasteiger partial charge < -0.3 is 0 Å². The van der Waals surface area contributed by atoms with Crippen LogP contribution in [0.15, 0.2) is 11.7 Å². The van der Waals surface area contributed by atoms with E-state index in [-0.39, 0.29) is 0 Å². The molecule has 0 atom stereocenters. The molecule has 1 rings (SSSR count). The van der Waals surface area contributed by atoms with Crippen LogP contribution in [0, 0.1) is 6.92 Å². The lowest BCUT2D eigenvalue weighted by Gasteiger charge is -1.97. The largest absolute Gasteiger partial charge is 0.253 e. The van der Waals surface area contributed by atoms with Gasteiger partial charge in [-0.05, 0) is 6.92 Å². The van der Waals surface area contributed by atoms with Crippen molar-refractivity contribution in [1.82, 2.24) is 4.98 Å². The van der Waals surface area contributed by atoms with Gasteiger partial charge >= 0.3 is 0 Å². The van der Waals surface area contributed by atoms with Crippen LogP contribution in [0.2, 0.25) is 0 Å². The highest BCUT2D eigenvalue weighted by atomic mass is 32.1. The average molecular weight is 241 g/mol. The van der Waals surface area contributed by atoms with Crippen LogP contribution in [0.1, 0.15) is 70.1 Å². The number of thiazole rings is 1. The van der Waals surface area contributed by atoms with Gasteiger partial charge in [0.05, 0.1) is 5.51 Å². The Morgan fingerprint density at radius 3 is 1.69 bits per heavy atom. The zero-order chi connectivity index (χ0) is 12.1. The number of aromatic nitrogens is 1. The van der Waals surface area contributed by atoms with E-state index in [1.165, 1.54) is 56.2 Å². The van der Waals surface area contributed by atoms with Crippen molar-refractivity contribution >= 4 is 11.3 Å². The highest BCUT2D eigenvalue weighted by Crippen LogP contribution is 2.07. The Balaban J connectivity index is 0.000000315. The molecular weight excluding hydrogens is 214 g/mol. The number of unbranched alkanes of at least 4 members (excludes halogenated alkanes) is 7. The molecule has 0 saturated carbocycles. The highest BCUT2D eigenvalue weighted by molar-refractivity contribution is 7.09. The third-order valence-corrected chi connectivity index (χ3v) is 3.22. The zero-order valence-corrected chi connectivity index (χ0v) is 12.0. The first-order valence-electron chi connectivity index (χ1n) is 6.66. The number of aryl methyl sites for hydroxylation is 1. The fourth-order valence-electron chi connectivity index (χ4n) is 1.49. The molecule has 1 aromatic heterocycles. The Hall–Kier alpha value is -0.370. The Labute approximate surface area is 105 Å². The molecule has 16 heavy (non-hydrogen) atoms. The van der Waals surface area contributed by atoms with Gasteiger partial charge in [0.1, 0.15) is 0 Å². The third-order valence-electron chi connectivity index (χ3n) is 2.51. The summed E-state index contributed by atoms with van der Waals surface area (Å²) in [5.41, 5.74) is 1.83. The Bertz CT molecular complexity index is 199. The molecule has 0 saturated heterocycles. The van der Waals surface area contributed by atoms with Crippen LogP contribution in [0.5, 0.6) is 0 Å². The van der Waals surface area contributed by atoms with E-state index in [4.69, 9.17) is 0 Å². The molecule has 0 unspecified atom stereocenters. The summed E-state index contributed by atoms with van der Waals surface area (Å²) < 4.78 is 0. The molecule has 0 N–H and O–H groups in total. The highest BCUT2D eigenvalue weighted by Gasteiger charge is 1.87. The molecule has 0 radical (unpaired) electrons. The second-order valence-corrected chi connectivity index (χ2v) is 5.32. The van der Waals surface area contributed by atoms with Crippen molar-refractivity contribution in [2.45, 2.75) is 72.1 Å². The van der Waals surface area contributed by atoms with Crippen molar-refractivity contribution in [3.05, 3.63) is 16.6 Å². The number of rotatable bonds is 7. The van der Waals surface area contributed by atoms with Gasteiger partial charge in [-0.15, -0.1) is 11.3 Å². The Morgan fingerprint density at radius 2 is 1.44 bits per heavy atom. The van der Waals surface area contributed by atoms with Crippen molar-refractivity contribution in [3.63, 3.8) is 0 Å². The molecule has 0 spiro atoms. The molecule has 1 nitrogen and oxygen atoms in total. The Morgan fingerprint density at radius 1 is 0.938 bits per heavy atom. The minimum atomic E-state index is 1.27. The molecule has 0 amide bonds. The van der Waals surface area contributed by atoms with E-state index in [2.05, 4.69) is 18.8 Å². The third kappa shape index (κ3) is 11.7. The topological polar surface area (TPSA) is 12.9 Å². The summed E-state index contributed by atoms with van der Waals surface area (Å²) >= 11 is 1.67. The first kappa shape index (κ1) is 15.6. The second kappa shape index (κ2) is 12.7. The molecule has 1 aromatic rings. The van der Waals surface area contributed by atoms with Crippen molar-refractivity contribution in [2.75, 3.05) is 0 Å². The number of nitrogens with zero attached hydrogens (tertiary/aromatic N) is 1. The molecule has 2 heteroatoms. The van der Waals surface area contributed by atoms with Crippen LogP contribution in [0.25, 0.3) is 0 Å². The first-order chi connectivity index (χ1) is 7.81. The molecule has 0 bridgehead atoms. The molecule has 94 valence electrons. The number of hydrogen-bond acceptors (Lipinski definition) is 2. The summed E-state index contributed by atoms with van der Waals surface area (Å²) in [5, 5.41) is 0. The van der Waals surface area contributed by atoms with Crippen molar-refractivity contribution in [1.29, 1.82) is 0 Å². The summed E-state index contributed by atoms with van der Waals surface area (Å²) in [6.07, 6.45) is 13.3. The summed E-state index contributed by atoms with van der Waals surface area (Å²) in [5.74, 6) is 0. The second-order valence-electron chi connectivity index (χ2n) is 4.23. The van der Waals surface area contributed by atoms with Gasteiger partial charge in [0, 0.05) is 11.1 Å². The lowest BCUT2D eigenvalue weighted by Crippen LogP contribution is -1.77.